The smallest absolute Gasteiger partial charge is 0.227 e. The van der Waals surface area contributed by atoms with E-state index in [1.807, 2.05) is 41.3 Å². The largest absolute Gasteiger partial charge is 0.333 e. The van der Waals surface area contributed by atoms with E-state index in [1.54, 1.807) is 12.4 Å². The van der Waals surface area contributed by atoms with Crippen LogP contribution in [-0.4, -0.2) is 35.4 Å². The Morgan fingerprint density at radius 3 is 2.87 bits per heavy atom. The lowest BCUT2D eigenvalue weighted by molar-refractivity contribution is -0.133. The second-order valence-corrected chi connectivity index (χ2v) is 5.77. The SMILES string of the molecule is Cl.O=C(Cc1cccnc1)N1CCNCC1c1ccccc1Cl. The third-order valence-electron chi connectivity index (χ3n) is 3.91. The normalized spacial score (nSPS) is 17.4. The van der Waals surface area contributed by atoms with Gasteiger partial charge in [-0.2, -0.15) is 0 Å². The van der Waals surface area contributed by atoms with E-state index < -0.39 is 0 Å². The van der Waals surface area contributed by atoms with Gasteiger partial charge in [0.2, 0.25) is 5.91 Å². The number of nitrogens with one attached hydrogen (secondary N) is 1. The van der Waals surface area contributed by atoms with E-state index in [0.717, 1.165) is 24.2 Å². The summed E-state index contributed by atoms with van der Waals surface area (Å²) in [6.45, 7) is 2.22. The first-order valence-corrected chi connectivity index (χ1v) is 7.77. The maximum Gasteiger partial charge on any atom is 0.227 e. The minimum atomic E-state index is -0.0216. The molecule has 6 heteroatoms. The van der Waals surface area contributed by atoms with Crippen LogP contribution >= 0.6 is 24.0 Å². The lowest BCUT2D eigenvalue weighted by Crippen LogP contribution is -2.49. The van der Waals surface area contributed by atoms with Crippen molar-refractivity contribution in [3.05, 3.63) is 64.9 Å². The minimum Gasteiger partial charge on any atom is -0.333 e. The molecule has 0 bridgehead atoms. The first-order valence-electron chi connectivity index (χ1n) is 7.39. The topological polar surface area (TPSA) is 45.2 Å². The van der Waals surface area contributed by atoms with E-state index in [0.29, 0.717) is 18.0 Å². The van der Waals surface area contributed by atoms with Crippen molar-refractivity contribution in [1.82, 2.24) is 15.2 Å². The molecule has 1 fully saturated rings. The van der Waals surface area contributed by atoms with Crippen molar-refractivity contribution >= 4 is 29.9 Å². The average molecular weight is 352 g/mol. The van der Waals surface area contributed by atoms with E-state index in [4.69, 9.17) is 11.6 Å². The zero-order chi connectivity index (χ0) is 15.4. The number of hydrogen-bond acceptors (Lipinski definition) is 3. The Hall–Kier alpha value is -1.62. The Labute approximate surface area is 147 Å². The third kappa shape index (κ3) is 4.22. The number of benzene rings is 1. The Morgan fingerprint density at radius 1 is 1.30 bits per heavy atom. The predicted molar refractivity (Wildman–Crippen MR) is 94.0 cm³/mol. The van der Waals surface area contributed by atoms with Crippen molar-refractivity contribution in [3.63, 3.8) is 0 Å². The molecule has 0 aliphatic carbocycles. The molecular formula is C17H19Cl2N3O. The number of hydrogen-bond donors (Lipinski definition) is 1. The number of aromatic nitrogens is 1. The summed E-state index contributed by atoms with van der Waals surface area (Å²) in [6.07, 6.45) is 3.82. The zero-order valence-electron chi connectivity index (χ0n) is 12.6. The summed E-state index contributed by atoms with van der Waals surface area (Å²) >= 11 is 6.31. The molecule has 1 aliphatic rings. The van der Waals surface area contributed by atoms with Gasteiger partial charge in [-0.15, -0.1) is 12.4 Å². The molecule has 1 aliphatic heterocycles. The van der Waals surface area contributed by atoms with Gasteiger partial charge in [-0.05, 0) is 23.3 Å². The van der Waals surface area contributed by atoms with Crippen LogP contribution in [0.15, 0.2) is 48.8 Å². The van der Waals surface area contributed by atoms with Crippen molar-refractivity contribution in [2.24, 2.45) is 0 Å². The van der Waals surface area contributed by atoms with E-state index in [-0.39, 0.29) is 24.4 Å². The molecule has 1 N–H and O–H groups in total. The molecule has 1 unspecified atom stereocenters. The summed E-state index contributed by atoms with van der Waals surface area (Å²) in [7, 11) is 0. The van der Waals surface area contributed by atoms with Gasteiger partial charge in [0.25, 0.3) is 0 Å². The lowest BCUT2D eigenvalue weighted by atomic mass is 10.0. The van der Waals surface area contributed by atoms with E-state index >= 15 is 0 Å². The Kier molecular flexibility index (Phi) is 6.39. The highest BCUT2D eigenvalue weighted by Crippen LogP contribution is 2.28. The van der Waals surface area contributed by atoms with Gasteiger partial charge in [-0.25, -0.2) is 0 Å². The lowest BCUT2D eigenvalue weighted by Gasteiger charge is -2.37. The van der Waals surface area contributed by atoms with E-state index in [1.165, 1.54) is 0 Å². The second kappa shape index (κ2) is 8.29. The first kappa shape index (κ1) is 17.7. The number of piperazine rings is 1. The summed E-state index contributed by atoms with van der Waals surface area (Å²) in [5.74, 6) is 0.111. The molecular weight excluding hydrogens is 333 g/mol. The molecule has 1 saturated heterocycles. The molecule has 2 heterocycles. The average Bonchev–Trinajstić information content (AvgIpc) is 2.56. The van der Waals surface area contributed by atoms with Gasteiger partial charge < -0.3 is 10.2 Å². The summed E-state index contributed by atoms with van der Waals surface area (Å²) in [5, 5.41) is 4.05. The van der Waals surface area contributed by atoms with Crippen molar-refractivity contribution in [3.8, 4) is 0 Å². The molecule has 23 heavy (non-hydrogen) atoms. The van der Waals surface area contributed by atoms with Gasteiger partial charge in [-0.1, -0.05) is 35.9 Å². The molecule has 1 aromatic heterocycles. The standard InChI is InChI=1S/C17H18ClN3O.ClH/c18-15-6-2-1-5-14(15)16-12-20-8-9-21(16)17(22)10-13-4-3-7-19-11-13;/h1-7,11,16,20H,8-10,12H2;1H. The Balaban J connectivity index is 0.00000192. The highest BCUT2D eigenvalue weighted by atomic mass is 35.5. The van der Waals surface area contributed by atoms with Crippen LogP contribution in [0.25, 0.3) is 0 Å². The Morgan fingerprint density at radius 2 is 2.13 bits per heavy atom. The summed E-state index contributed by atoms with van der Waals surface area (Å²) < 4.78 is 0. The van der Waals surface area contributed by atoms with E-state index in [2.05, 4.69) is 10.3 Å². The minimum absolute atomic E-state index is 0. The monoisotopic (exact) mass is 351 g/mol. The molecule has 0 radical (unpaired) electrons. The number of halogens is 2. The van der Waals surface area contributed by atoms with Crippen LogP contribution in [0.2, 0.25) is 5.02 Å². The number of rotatable bonds is 3. The number of carbonyl (C=O) groups is 1. The summed E-state index contributed by atoms with van der Waals surface area (Å²) in [6, 6.07) is 11.5. The molecule has 1 atom stereocenters. The van der Waals surface area contributed by atoms with Crippen LogP contribution < -0.4 is 5.32 Å². The molecule has 122 valence electrons. The van der Waals surface area contributed by atoms with Gasteiger partial charge in [0.1, 0.15) is 0 Å². The van der Waals surface area contributed by atoms with Crippen molar-refractivity contribution < 1.29 is 4.79 Å². The summed E-state index contributed by atoms with van der Waals surface area (Å²) in [4.78, 5) is 18.7. The first-order chi connectivity index (χ1) is 10.8. The zero-order valence-corrected chi connectivity index (χ0v) is 14.2. The molecule has 1 amide bonds. The fourth-order valence-corrected chi connectivity index (χ4v) is 3.07. The molecule has 0 saturated carbocycles. The van der Waals surface area contributed by atoms with E-state index in [9.17, 15) is 4.79 Å². The number of amides is 1. The van der Waals surface area contributed by atoms with Crippen molar-refractivity contribution in [2.45, 2.75) is 12.5 Å². The molecule has 2 aromatic rings. The Bertz CT molecular complexity index is 651. The van der Waals surface area contributed by atoms with Crippen LogP contribution in [0.1, 0.15) is 17.2 Å². The maximum absolute atomic E-state index is 12.7. The van der Waals surface area contributed by atoms with Crippen molar-refractivity contribution in [2.75, 3.05) is 19.6 Å². The molecule has 3 rings (SSSR count). The van der Waals surface area contributed by atoms with Crippen molar-refractivity contribution in [1.29, 1.82) is 0 Å². The van der Waals surface area contributed by atoms with Gasteiger partial charge in [0.05, 0.1) is 12.5 Å². The van der Waals surface area contributed by atoms with Gasteiger partial charge >= 0.3 is 0 Å². The maximum atomic E-state index is 12.7. The van der Waals surface area contributed by atoms with Crippen LogP contribution in [0.5, 0.6) is 0 Å². The predicted octanol–water partition coefficient (Wildman–Crippen LogP) is 2.87. The van der Waals surface area contributed by atoms with Gasteiger partial charge in [-0.3, -0.25) is 9.78 Å². The number of nitrogens with zero attached hydrogens (tertiary/aromatic N) is 2. The van der Waals surface area contributed by atoms with Crippen LogP contribution in [-0.2, 0) is 11.2 Å². The highest BCUT2D eigenvalue weighted by molar-refractivity contribution is 6.31. The third-order valence-corrected chi connectivity index (χ3v) is 4.25. The number of carbonyl (C=O) groups excluding carboxylic acids is 1. The van der Waals surface area contributed by atoms with Crippen LogP contribution in [0, 0.1) is 0 Å². The van der Waals surface area contributed by atoms with Gasteiger partial charge in [0, 0.05) is 37.1 Å². The molecule has 1 aromatic carbocycles. The fraction of sp³-hybridized carbons (Fsp3) is 0.294. The molecule has 0 spiro atoms. The highest BCUT2D eigenvalue weighted by Gasteiger charge is 2.28. The fourth-order valence-electron chi connectivity index (χ4n) is 2.80. The summed E-state index contributed by atoms with van der Waals surface area (Å²) in [5.41, 5.74) is 1.93. The van der Waals surface area contributed by atoms with Crippen LogP contribution in [0.4, 0.5) is 0 Å². The van der Waals surface area contributed by atoms with Gasteiger partial charge in [0.15, 0.2) is 0 Å². The van der Waals surface area contributed by atoms with Crippen LogP contribution in [0.3, 0.4) is 0 Å². The second-order valence-electron chi connectivity index (χ2n) is 5.37. The molecule has 4 nitrogen and oxygen atoms in total. The number of pyridine rings is 1. The quantitative estimate of drug-likeness (QED) is 0.924.